The molecule has 0 amide bonds. The van der Waals surface area contributed by atoms with Gasteiger partial charge in [-0.05, 0) is 30.7 Å². The Morgan fingerprint density at radius 2 is 2.11 bits per heavy atom. The number of benzene rings is 1. The molecular formula is C15H21F2N. The van der Waals surface area contributed by atoms with E-state index in [1.165, 1.54) is 25.0 Å². The second-order valence-corrected chi connectivity index (χ2v) is 6.07. The van der Waals surface area contributed by atoms with Gasteiger partial charge in [0.15, 0.2) is 0 Å². The van der Waals surface area contributed by atoms with Crippen LogP contribution in [0.25, 0.3) is 0 Å². The number of hydrogen-bond donors (Lipinski definition) is 1. The minimum Gasteiger partial charge on any atom is -0.310 e. The number of halogens is 2. The molecule has 1 aliphatic rings. The van der Waals surface area contributed by atoms with E-state index in [1.807, 2.05) is 0 Å². The maximum atomic E-state index is 13.5. The fourth-order valence-corrected chi connectivity index (χ4v) is 2.79. The van der Waals surface area contributed by atoms with Crippen LogP contribution < -0.4 is 5.32 Å². The standard InChI is InChI=1S/C15H21F2N/c1-15(2)7-3-4-13(9-15)18-10-11-5-6-12(16)8-14(11)17/h5-6,8,13,18H,3-4,7,9-10H2,1-2H3. The number of hydrogen-bond acceptors (Lipinski definition) is 1. The lowest BCUT2D eigenvalue weighted by atomic mass is 9.75. The first-order valence-electron chi connectivity index (χ1n) is 6.64. The third-order valence-electron chi connectivity index (χ3n) is 3.80. The van der Waals surface area contributed by atoms with Crippen LogP contribution in [0.4, 0.5) is 8.78 Å². The molecule has 1 aromatic carbocycles. The SMILES string of the molecule is CC1(C)CCCC(NCc2ccc(F)cc2F)C1. The molecule has 0 aromatic heterocycles. The number of rotatable bonds is 3. The normalized spacial score (nSPS) is 23.0. The molecule has 1 fully saturated rings. The van der Waals surface area contributed by atoms with Crippen LogP contribution in [0.3, 0.4) is 0 Å². The maximum absolute atomic E-state index is 13.5. The Morgan fingerprint density at radius 3 is 2.78 bits per heavy atom. The predicted octanol–water partition coefficient (Wildman–Crippen LogP) is 4.02. The van der Waals surface area contributed by atoms with E-state index in [0.717, 1.165) is 18.9 Å². The minimum absolute atomic E-state index is 0.372. The van der Waals surface area contributed by atoms with E-state index in [9.17, 15) is 8.78 Å². The van der Waals surface area contributed by atoms with Crippen LogP contribution in [-0.4, -0.2) is 6.04 Å². The van der Waals surface area contributed by atoms with Gasteiger partial charge in [0.25, 0.3) is 0 Å². The summed E-state index contributed by atoms with van der Waals surface area (Å²) in [5.74, 6) is -0.979. The highest BCUT2D eigenvalue weighted by Gasteiger charge is 2.27. The highest BCUT2D eigenvalue weighted by atomic mass is 19.1. The zero-order valence-electron chi connectivity index (χ0n) is 11.1. The molecule has 0 aliphatic heterocycles. The van der Waals surface area contributed by atoms with Gasteiger partial charge < -0.3 is 5.32 Å². The zero-order chi connectivity index (χ0) is 13.2. The molecule has 0 spiro atoms. The van der Waals surface area contributed by atoms with E-state index in [0.29, 0.717) is 23.6 Å². The molecule has 100 valence electrons. The fraction of sp³-hybridized carbons (Fsp3) is 0.600. The van der Waals surface area contributed by atoms with E-state index in [4.69, 9.17) is 0 Å². The van der Waals surface area contributed by atoms with Crippen LogP contribution in [0.5, 0.6) is 0 Å². The van der Waals surface area contributed by atoms with Crippen LogP contribution in [-0.2, 0) is 6.54 Å². The molecule has 0 radical (unpaired) electrons. The molecule has 1 aliphatic carbocycles. The van der Waals surface area contributed by atoms with E-state index >= 15 is 0 Å². The Balaban J connectivity index is 1.91. The molecule has 1 aromatic rings. The first kappa shape index (κ1) is 13.5. The van der Waals surface area contributed by atoms with Crippen LogP contribution >= 0.6 is 0 Å². The van der Waals surface area contributed by atoms with Gasteiger partial charge in [-0.2, -0.15) is 0 Å². The molecule has 1 unspecified atom stereocenters. The predicted molar refractivity (Wildman–Crippen MR) is 69.2 cm³/mol. The Bertz CT molecular complexity index is 415. The second kappa shape index (κ2) is 5.35. The molecule has 0 saturated heterocycles. The molecule has 18 heavy (non-hydrogen) atoms. The van der Waals surface area contributed by atoms with Crippen molar-refractivity contribution in [2.45, 2.75) is 52.1 Å². The van der Waals surface area contributed by atoms with Gasteiger partial charge >= 0.3 is 0 Å². The van der Waals surface area contributed by atoms with Gasteiger partial charge in [-0.3, -0.25) is 0 Å². The summed E-state index contributed by atoms with van der Waals surface area (Å²) in [6.07, 6.45) is 4.74. The summed E-state index contributed by atoms with van der Waals surface area (Å²) in [4.78, 5) is 0. The molecular weight excluding hydrogens is 232 g/mol. The quantitative estimate of drug-likeness (QED) is 0.857. The van der Waals surface area contributed by atoms with Crippen molar-refractivity contribution in [3.05, 3.63) is 35.4 Å². The first-order valence-corrected chi connectivity index (χ1v) is 6.64. The Morgan fingerprint density at radius 1 is 1.33 bits per heavy atom. The summed E-state index contributed by atoms with van der Waals surface area (Å²) < 4.78 is 26.3. The third-order valence-corrected chi connectivity index (χ3v) is 3.80. The Labute approximate surface area is 108 Å². The average Bonchev–Trinajstić information content (AvgIpc) is 2.26. The van der Waals surface area contributed by atoms with E-state index in [1.54, 1.807) is 0 Å². The largest absolute Gasteiger partial charge is 0.310 e. The van der Waals surface area contributed by atoms with Gasteiger partial charge in [0, 0.05) is 24.2 Å². The fourth-order valence-electron chi connectivity index (χ4n) is 2.79. The van der Waals surface area contributed by atoms with E-state index in [-0.39, 0.29) is 0 Å². The lowest BCUT2D eigenvalue weighted by molar-refractivity contribution is 0.197. The molecule has 3 heteroatoms. The van der Waals surface area contributed by atoms with Crippen LogP contribution in [0.2, 0.25) is 0 Å². The van der Waals surface area contributed by atoms with Crippen molar-refractivity contribution in [1.82, 2.24) is 5.32 Å². The highest BCUT2D eigenvalue weighted by molar-refractivity contribution is 5.18. The van der Waals surface area contributed by atoms with Crippen molar-refractivity contribution >= 4 is 0 Å². The van der Waals surface area contributed by atoms with Crippen LogP contribution in [0.1, 0.15) is 45.1 Å². The van der Waals surface area contributed by atoms with Crippen molar-refractivity contribution in [3.8, 4) is 0 Å². The van der Waals surface area contributed by atoms with Crippen molar-refractivity contribution in [2.24, 2.45) is 5.41 Å². The summed E-state index contributed by atoms with van der Waals surface area (Å²) in [6, 6.07) is 4.22. The van der Waals surface area contributed by atoms with Gasteiger partial charge in [-0.25, -0.2) is 8.78 Å². The molecule has 1 atom stereocenters. The molecule has 2 rings (SSSR count). The zero-order valence-corrected chi connectivity index (χ0v) is 11.1. The maximum Gasteiger partial charge on any atom is 0.130 e. The van der Waals surface area contributed by atoms with Gasteiger partial charge in [-0.1, -0.05) is 26.3 Å². The Kier molecular flexibility index (Phi) is 4.00. The van der Waals surface area contributed by atoms with Crippen molar-refractivity contribution in [2.75, 3.05) is 0 Å². The van der Waals surface area contributed by atoms with E-state index in [2.05, 4.69) is 19.2 Å². The molecule has 1 saturated carbocycles. The monoisotopic (exact) mass is 253 g/mol. The van der Waals surface area contributed by atoms with Crippen molar-refractivity contribution < 1.29 is 8.78 Å². The summed E-state index contributed by atoms with van der Waals surface area (Å²) in [5.41, 5.74) is 0.914. The van der Waals surface area contributed by atoms with Gasteiger partial charge in [-0.15, -0.1) is 0 Å². The summed E-state index contributed by atoms with van der Waals surface area (Å²) in [6.45, 7) is 5.03. The van der Waals surface area contributed by atoms with E-state index < -0.39 is 11.6 Å². The highest BCUT2D eigenvalue weighted by Crippen LogP contribution is 2.35. The van der Waals surface area contributed by atoms with Crippen LogP contribution in [0, 0.1) is 17.0 Å². The van der Waals surface area contributed by atoms with Crippen molar-refractivity contribution in [1.29, 1.82) is 0 Å². The minimum atomic E-state index is -0.518. The molecule has 0 heterocycles. The summed E-state index contributed by atoms with van der Waals surface area (Å²) >= 11 is 0. The van der Waals surface area contributed by atoms with Crippen LogP contribution in [0.15, 0.2) is 18.2 Å². The van der Waals surface area contributed by atoms with Gasteiger partial charge in [0.2, 0.25) is 0 Å². The summed E-state index contributed by atoms with van der Waals surface area (Å²) in [7, 11) is 0. The Hall–Kier alpha value is -0.960. The lowest BCUT2D eigenvalue weighted by Crippen LogP contribution is -2.37. The third kappa shape index (κ3) is 3.52. The molecule has 0 bridgehead atoms. The van der Waals surface area contributed by atoms with Gasteiger partial charge in [0.05, 0.1) is 0 Å². The average molecular weight is 253 g/mol. The topological polar surface area (TPSA) is 12.0 Å². The van der Waals surface area contributed by atoms with Crippen molar-refractivity contribution in [3.63, 3.8) is 0 Å². The lowest BCUT2D eigenvalue weighted by Gasteiger charge is -2.35. The molecule has 1 nitrogen and oxygen atoms in total. The molecule has 1 N–H and O–H groups in total. The first-order chi connectivity index (χ1) is 8.46. The van der Waals surface area contributed by atoms with Gasteiger partial charge in [0.1, 0.15) is 11.6 Å². The summed E-state index contributed by atoms with van der Waals surface area (Å²) in [5, 5.41) is 3.39. The smallest absolute Gasteiger partial charge is 0.130 e. The number of nitrogens with one attached hydrogen (secondary N) is 1. The second-order valence-electron chi connectivity index (χ2n) is 6.07.